The second-order valence-electron chi connectivity index (χ2n) is 6.44. The topological polar surface area (TPSA) is 85.9 Å². The van der Waals surface area contributed by atoms with Gasteiger partial charge in [0.1, 0.15) is 12.4 Å². The van der Waals surface area contributed by atoms with Gasteiger partial charge in [0, 0.05) is 30.1 Å². The first-order chi connectivity index (χ1) is 13.0. The molecule has 1 aromatic rings. The van der Waals surface area contributed by atoms with Crippen LogP contribution in [-0.2, 0) is 19.1 Å². The molecule has 7 nitrogen and oxygen atoms in total. The molecule has 1 aliphatic carbocycles. The summed E-state index contributed by atoms with van der Waals surface area (Å²) < 4.78 is 15.5. The maximum Gasteiger partial charge on any atom is 0.258 e. The average Bonchev–Trinajstić information content (AvgIpc) is 3.41. The Morgan fingerprint density at radius 3 is 2.59 bits per heavy atom. The number of carbonyl (C=O) groups is 2. The molecule has 1 fully saturated rings. The van der Waals surface area contributed by atoms with Gasteiger partial charge in [-0.05, 0) is 37.1 Å². The predicted octanol–water partition coefficient (Wildman–Crippen LogP) is 1.78. The number of amides is 2. The molecule has 2 N–H and O–H groups in total. The minimum atomic E-state index is -0.179. The first-order valence-corrected chi connectivity index (χ1v) is 9.45. The number of methoxy groups -OCH3 is 1. The summed E-state index contributed by atoms with van der Waals surface area (Å²) in [7, 11) is 1.58. The quantitative estimate of drug-likeness (QED) is 0.524. The molecular formula is C19H27ClN2O5. The molecule has 2 unspecified atom stereocenters. The van der Waals surface area contributed by atoms with Crippen LogP contribution in [-0.4, -0.2) is 57.4 Å². The van der Waals surface area contributed by atoms with Crippen LogP contribution in [0.25, 0.3) is 0 Å². The fraction of sp³-hybridized carbons (Fsp3) is 0.579. The van der Waals surface area contributed by atoms with E-state index in [-0.39, 0.29) is 43.0 Å². The highest BCUT2D eigenvalue weighted by Crippen LogP contribution is 2.35. The van der Waals surface area contributed by atoms with Crippen molar-refractivity contribution in [2.24, 2.45) is 5.92 Å². The van der Waals surface area contributed by atoms with Crippen molar-refractivity contribution in [2.75, 3.05) is 33.5 Å². The van der Waals surface area contributed by atoms with Gasteiger partial charge in [0.2, 0.25) is 5.91 Å². The lowest BCUT2D eigenvalue weighted by atomic mass is 10.1. The summed E-state index contributed by atoms with van der Waals surface area (Å²) in [5, 5.41) is 6.53. The molecule has 0 aromatic heterocycles. The molecule has 2 rings (SSSR count). The fourth-order valence-electron chi connectivity index (χ4n) is 2.82. The van der Waals surface area contributed by atoms with E-state index in [1.54, 1.807) is 31.4 Å². The number of carbonyl (C=O) groups excluding carboxylic acids is 2. The van der Waals surface area contributed by atoms with Gasteiger partial charge in [0.25, 0.3) is 5.91 Å². The van der Waals surface area contributed by atoms with Gasteiger partial charge >= 0.3 is 0 Å². The second kappa shape index (κ2) is 11.1. The third kappa shape index (κ3) is 7.74. The van der Waals surface area contributed by atoms with E-state index in [4.69, 9.17) is 25.8 Å². The third-order valence-corrected chi connectivity index (χ3v) is 4.59. The summed E-state index contributed by atoms with van der Waals surface area (Å²) >= 11 is 5.81. The van der Waals surface area contributed by atoms with Crippen LogP contribution >= 0.6 is 11.6 Å². The van der Waals surface area contributed by atoms with Crippen molar-refractivity contribution in [3.8, 4) is 5.75 Å². The molecule has 1 aliphatic rings. The molecule has 0 bridgehead atoms. The zero-order chi connectivity index (χ0) is 19.6. The van der Waals surface area contributed by atoms with E-state index in [0.29, 0.717) is 24.0 Å². The Balaban J connectivity index is 1.66. The van der Waals surface area contributed by atoms with E-state index < -0.39 is 0 Å². The van der Waals surface area contributed by atoms with Gasteiger partial charge in [-0.2, -0.15) is 0 Å². The number of rotatable bonds is 12. The van der Waals surface area contributed by atoms with Crippen LogP contribution in [0.5, 0.6) is 5.75 Å². The molecule has 1 aromatic carbocycles. The molecule has 0 aliphatic heterocycles. The maximum atomic E-state index is 12.0. The molecule has 3 atom stereocenters. The summed E-state index contributed by atoms with van der Waals surface area (Å²) in [5.41, 5.74) is 0. The highest BCUT2D eigenvalue weighted by molar-refractivity contribution is 6.30. The van der Waals surface area contributed by atoms with Gasteiger partial charge in [-0.1, -0.05) is 18.5 Å². The van der Waals surface area contributed by atoms with Crippen LogP contribution in [0.15, 0.2) is 24.3 Å². The number of halogens is 1. The zero-order valence-corrected chi connectivity index (χ0v) is 16.5. The first-order valence-electron chi connectivity index (χ1n) is 9.07. The third-order valence-electron chi connectivity index (χ3n) is 4.34. The second-order valence-corrected chi connectivity index (χ2v) is 6.88. The van der Waals surface area contributed by atoms with E-state index in [2.05, 4.69) is 10.6 Å². The van der Waals surface area contributed by atoms with Gasteiger partial charge in [-0.25, -0.2) is 0 Å². The van der Waals surface area contributed by atoms with Crippen molar-refractivity contribution in [1.82, 2.24) is 10.6 Å². The van der Waals surface area contributed by atoms with Crippen molar-refractivity contribution in [3.63, 3.8) is 0 Å². The standard InChI is InChI=1S/C19H27ClN2O5/c1-3-16(21-18(23)11-26-9-8-25-2)15-10-17(15)22-19(24)12-27-14-6-4-13(20)5-7-14/h4-7,15-17H,3,8-12H2,1-2H3,(H,21,23)(H,22,24)/t15-,16?,17?/m1/s1. The Morgan fingerprint density at radius 2 is 1.93 bits per heavy atom. The van der Waals surface area contributed by atoms with Crippen molar-refractivity contribution < 1.29 is 23.8 Å². The van der Waals surface area contributed by atoms with Crippen LogP contribution < -0.4 is 15.4 Å². The Bertz CT molecular complexity index is 611. The fourth-order valence-corrected chi connectivity index (χ4v) is 2.95. The maximum absolute atomic E-state index is 12.0. The minimum absolute atomic E-state index is 0.0124. The molecule has 2 amide bonds. The van der Waals surface area contributed by atoms with E-state index in [0.717, 1.165) is 12.8 Å². The molecule has 0 heterocycles. The monoisotopic (exact) mass is 398 g/mol. The number of benzene rings is 1. The van der Waals surface area contributed by atoms with Crippen molar-refractivity contribution in [1.29, 1.82) is 0 Å². The predicted molar refractivity (Wildman–Crippen MR) is 102 cm³/mol. The van der Waals surface area contributed by atoms with Crippen molar-refractivity contribution in [3.05, 3.63) is 29.3 Å². The highest BCUT2D eigenvalue weighted by Gasteiger charge is 2.43. The lowest BCUT2D eigenvalue weighted by Gasteiger charge is -2.17. The normalized spacial score (nSPS) is 19.2. The zero-order valence-electron chi connectivity index (χ0n) is 15.7. The SMILES string of the molecule is CCC(NC(=O)COCCOC)[C@H]1CC1NC(=O)COc1ccc(Cl)cc1. The Labute approximate surface area is 164 Å². The van der Waals surface area contributed by atoms with Crippen LogP contribution in [0.1, 0.15) is 19.8 Å². The van der Waals surface area contributed by atoms with E-state index in [1.165, 1.54) is 0 Å². The summed E-state index contributed by atoms with van der Waals surface area (Å²) in [5.74, 6) is 0.494. The van der Waals surface area contributed by atoms with Crippen molar-refractivity contribution in [2.45, 2.75) is 31.8 Å². The number of hydrogen-bond donors (Lipinski definition) is 2. The molecule has 0 spiro atoms. The van der Waals surface area contributed by atoms with Gasteiger partial charge in [-0.15, -0.1) is 0 Å². The minimum Gasteiger partial charge on any atom is -0.484 e. The van der Waals surface area contributed by atoms with Crippen LogP contribution in [0.4, 0.5) is 0 Å². The van der Waals surface area contributed by atoms with Gasteiger partial charge in [0.05, 0.1) is 13.2 Å². The molecule has 150 valence electrons. The lowest BCUT2D eigenvalue weighted by molar-refractivity contribution is -0.127. The van der Waals surface area contributed by atoms with E-state index in [9.17, 15) is 9.59 Å². The molecule has 8 heteroatoms. The molecule has 0 radical (unpaired) electrons. The summed E-state index contributed by atoms with van der Waals surface area (Å²) in [6, 6.07) is 6.93. The molecule has 1 saturated carbocycles. The van der Waals surface area contributed by atoms with Gasteiger partial charge in [0.15, 0.2) is 6.61 Å². The van der Waals surface area contributed by atoms with Gasteiger partial charge < -0.3 is 24.8 Å². The molecule has 0 saturated heterocycles. The van der Waals surface area contributed by atoms with E-state index in [1.807, 2.05) is 6.92 Å². The van der Waals surface area contributed by atoms with Crippen LogP contribution in [0.2, 0.25) is 5.02 Å². The largest absolute Gasteiger partial charge is 0.484 e. The first kappa shape index (κ1) is 21.5. The number of nitrogens with one attached hydrogen (secondary N) is 2. The summed E-state index contributed by atoms with van der Waals surface area (Å²) in [6.07, 6.45) is 1.64. The highest BCUT2D eigenvalue weighted by atomic mass is 35.5. The Morgan fingerprint density at radius 1 is 1.19 bits per heavy atom. The van der Waals surface area contributed by atoms with Crippen LogP contribution in [0, 0.1) is 5.92 Å². The lowest BCUT2D eigenvalue weighted by Crippen LogP contribution is -2.41. The van der Waals surface area contributed by atoms with Gasteiger partial charge in [-0.3, -0.25) is 9.59 Å². The summed E-state index contributed by atoms with van der Waals surface area (Å²) in [4.78, 5) is 24.0. The number of hydrogen-bond acceptors (Lipinski definition) is 5. The Kier molecular flexibility index (Phi) is 8.84. The smallest absolute Gasteiger partial charge is 0.258 e. The van der Waals surface area contributed by atoms with Crippen molar-refractivity contribution >= 4 is 23.4 Å². The molecular weight excluding hydrogens is 372 g/mol. The summed E-state index contributed by atoms with van der Waals surface area (Å²) in [6.45, 7) is 2.81. The van der Waals surface area contributed by atoms with Crippen LogP contribution in [0.3, 0.4) is 0 Å². The Hall–Kier alpha value is -1.83. The van der Waals surface area contributed by atoms with E-state index >= 15 is 0 Å². The number of ether oxygens (including phenoxy) is 3. The average molecular weight is 399 g/mol. The molecule has 27 heavy (non-hydrogen) atoms.